The fourth-order valence-electron chi connectivity index (χ4n) is 8.48. The molecule has 0 saturated carbocycles. The number of carbonyl (C=O) groups excluding carboxylic acids is 2. The molecule has 7 rings (SSSR count). The van der Waals surface area contributed by atoms with Gasteiger partial charge in [0.1, 0.15) is 17.0 Å². The number of benzene rings is 2. The summed E-state index contributed by atoms with van der Waals surface area (Å²) < 4.78 is 56.4. The first-order valence-electron chi connectivity index (χ1n) is 20.7. The molecule has 2 aliphatic carbocycles. The van der Waals surface area contributed by atoms with Gasteiger partial charge in [-0.25, -0.2) is 37.4 Å². The highest BCUT2D eigenvalue weighted by atomic mass is 32.2. The lowest BCUT2D eigenvalue weighted by molar-refractivity contribution is 0.0501. The van der Waals surface area contributed by atoms with E-state index in [-0.39, 0.29) is 28.5 Å². The van der Waals surface area contributed by atoms with Crippen molar-refractivity contribution in [3.8, 4) is 5.69 Å². The van der Waals surface area contributed by atoms with E-state index in [9.17, 15) is 32.6 Å². The van der Waals surface area contributed by atoms with Crippen LogP contribution in [0.2, 0.25) is 0 Å². The Hall–Kier alpha value is -5.31. The summed E-state index contributed by atoms with van der Waals surface area (Å²) in [5.74, 6) is -1.50. The third-order valence-corrected chi connectivity index (χ3v) is 14.0. The minimum Gasteiger partial charge on any atom is -0.444 e. The van der Waals surface area contributed by atoms with E-state index in [0.29, 0.717) is 53.1 Å². The Morgan fingerprint density at radius 3 is 2.17 bits per heavy atom. The van der Waals surface area contributed by atoms with Crippen LogP contribution in [0, 0.1) is 11.7 Å². The number of hydrogen-bond acceptors (Lipinski definition) is 9. The number of aryl methyl sites for hydroxylation is 1. The van der Waals surface area contributed by atoms with Gasteiger partial charge in [-0.1, -0.05) is 45.0 Å². The zero-order valence-electron chi connectivity index (χ0n) is 36.3. The molecule has 16 nitrogen and oxygen atoms in total. The van der Waals surface area contributed by atoms with Crippen molar-refractivity contribution in [2.75, 3.05) is 10.6 Å². The molecule has 336 valence electrons. The highest BCUT2D eigenvalue weighted by Gasteiger charge is 2.33. The third-order valence-electron chi connectivity index (χ3n) is 11.5. The normalized spacial score (nSPS) is 17.4. The summed E-state index contributed by atoms with van der Waals surface area (Å²) in [6.45, 7) is 11.7. The van der Waals surface area contributed by atoms with Gasteiger partial charge in [0, 0.05) is 30.2 Å². The number of nitrogens with two attached hydrogens (primary N) is 2. The summed E-state index contributed by atoms with van der Waals surface area (Å²) in [6.07, 6.45) is 7.77. The number of rotatable bonds is 11. The lowest BCUT2D eigenvalue weighted by Gasteiger charge is -2.22. The molecule has 0 bridgehead atoms. The Balaban J connectivity index is 1.13. The van der Waals surface area contributed by atoms with Crippen LogP contribution in [0.3, 0.4) is 0 Å². The van der Waals surface area contributed by atoms with Crippen LogP contribution >= 0.6 is 0 Å². The number of carbonyl (C=O) groups is 2. The van der Waals surface area contributed by atoms with Crippen molar-refractivity contribution in [3.63, 3.8) is 0 Å². The first kappa shape index (κ1) is 45.7. The lowest BCUT2D eigenvalue weighted by atomic mass is 9.86. The highest BCUT2D eigenvalue weighted by Crippen LogP contribution is 2.44. The van der Waals surface area contributed by atoms with Crippen molar-refractivity contribution < 1.29 is 37.0 Å². The smallest absolute Gasteiger partial charge is 0.354 e. The molecule has 0 saturated heterocycles. The molecule has 4 atom stereocenters. The third kappa shape index (κ3) is 9.63. The first-order chi connectivity index (χ1) is 29.4. The van der Waals surface area contributed by atoms with Crippen LogP contribution in [0.15, 0.2) is 84.2 Å². The van der Waals surface area contributed by atoms with Gasteiger partial charge in [0.05, 0.1) is 17.1 Å². The Morgan fingerprint density at radius 2 is 1.54 bits per heavy atom. The van der Waals surface area contributed by atoms with E-state index >= 15 is 0 Å². The molecule has 3 heterocycles. The molecule has 5 aromatic rings. The molecule has 0 fully saturated rings. The minimum atomic E-state index is -4.20. The van der Waals surface area contributed by atoms with Crippen molar-refractivity contribution >= 4 is 43.3 Å². The fourth-order valence-corrected chi connectivity index (χ4v) is 10.3. The van der Waals surface area contributed by atoms with Crippen molar-refractivity contribution in [3.05, 3.63) is 112 Å². The van der Waals surface area contributed by atoms with Crippen LogP contribution < -0.4 is 20.9 Å². The predicted molar refractivity (Wildman–Crippen MR) is 238 cm³/mol. The van der Waals surface area contributed by atoms with E-state index in [1.165, 1.54) is 24.6 Å². The number of para-hydroxylation sites is 1. The van der Waals surface area contributed by atoms with E-state index in [1.807, 2.05) is 26.8 Å². The van der Waals surface area contributed by atoms with Gasteiger partial charge in [0.2, 0.25) is 5.09 Å². The van der Waals surface area contributed by atoms with Crippen LogP contribution in [0.4, 0.5) is 25.4 Å². The molecule has 19 heteroatoms. The molecule has 4 unspecified atom stereocenters. The van der Waals surface area contributed by atoms with Crippen molar-refractivity contribution in [2.24, 2.45) is 24.9 Å². The van der Waals surface area contributed by atoms with Gasteiger partial charge in [0.15, 0.2) is 30.7 Å². The number of halogens is 1. The average molecular weight is 904 g/mol. The molecule has 4 amide bonds. The summed E-state index contributed by atoms with van der Waals surface area (Å²) in [6, 6.07) is 11.5. The van der Waals surface area contributed by atoms with Crippen LogP contribution in [0.1, 0.15) is 118 Å². The molecule has 0 radical (unpaired) electrons. The number of nitrogens with zero attached hydrogens (tertiary/aromatic N) is 5. The number of nitrogens with one attached hydrogen (secondary N) is 2. The van der Waals surface area contributed by atoms with Crippen LogP contribution in [-0.4, -0.2) is 45.5 Å². The number of pyridine rings is 1. The molecule has 63 heavy (non-hydrogen) atoms. The number of aliphatic hydroxyl groups is 2. The Kier molecular flexibility index (Phi) is 12.3. The number of hydrogen-bond donors (Lipinski definition) is 6. The topological polar surface area (TPSA) is 253 Å². The quantitative estimate of drug-likeness (QED) is 0.0754. The highest BCUT2D eigenvalue weighted by molar-refractivity contribution is 7.91. The van der Waals surface area contributed by atoms with Gasteiger partial charge in [-0.2, -0.15) is 5.10 Å². The lowest BCUT2D eigenvalue weighted by Crippen LogP contribution is -2.20. The molecule has 2 aliphatic rings. The van der Waals surface area contributed by atoms with E-state index in [2.05, 4.69) is 35.5 Å². The standard InChI is InChI=1S/C44H54FN9O7S2/c1-24(2)32-22-48-23-33(39(32)50-42(56)53-63(47,60)40-34(45)20-36(61-40)44(6,7)58)25(3)16-26-17-28-19-27-12-11-15-30(27)38(31(28)18-26)49-41(55)52-62(46,59)37-21-35(43(4,5)57)54(51-37)29-13-9-8-10-14-29/h8-10,13-14,19-26,57-58H,11-12,15-18H2,1-7H3,(H3,46,49,52,55,59)(H3,47,48,50,53,56,60). The Morgan fingerprint density at radius 1 is 0.889 bits per heavy atom. The van der Waals surface area contributed by atoms with Gasteiger partial charge in [-0.15, -0.1) is 8.73 Å². The number of urea groups is 2. The van der Waals surface area contributed by atoms with Gasteiger partial charge in [-0.3, -0.25) is 4.98 Å². The zero-order valence-corrected chi connectivity index (χ0v) is 37.9. The van der Waals surface area contributed by atoms with Gasteiger partial charge in [-0.05, 0) is 129 Å². The number of furan rings is 1. The Labute approximate surface area is 366 Å². The second-order valence-electron chi connectivity index (χ2n) is 17.8. The number of fused-ring (bicyclic) bond motifs is 2. The van der Waals surface area contributed by atoms with Crippen molar-refractivity contribution in [2.45, 2.75) is 120 Å². The van der Waals surface area contributed by atoms with E-state index in [1.54, 1.807) is 50.5 Å². The monoisotopic (exact) mass is 903 g/mol. The van der Waals surface area contributed by atoms with Crippen LogP contribution in [0.25, 0.3) is 5.69 Å². The molecule has 2 aromatic carbocycles. The summed E-state index contributed by atoms with van der Waals surface area (Å²) in [5.41, 5.74) is 4.59. The molecule has 0 spiro atoms. The number of aromatic nitrogens is 3. The first-order valence-corrected chi connectivity index (χ1v) is 23.8. The largest absolute Gasteiger partial charge is 0.444 e. The van der Waals surface area contributed by atoms with E-state index in [0.717, 1.165) is 47.6 Å². The van der Waals surface area contributed by atoms with E-state index < -0.39 is 54.0 Å². The summed E-state index contributed by atoms with van der Waals surface area (Å²) in [5, 5.41) is 42.5. The van der Waals surface area contributed by atoms with Crippen LogP contribution in [-0.2, 0) is 56.7 Å². The van der Waals surface area contributed by atoms with Gasteiger partial charge >= 0.3 is 12.1 Å². The zero-order chi connectivity index (χ0) is 45.8. The van der Waals surface area contributed by atoms with Gasteiger partial charge in [0.25, 0.3) is 0 Å². The van der Waals surface area contributed by atoms with E-state index in [4.69, 9.17) is 14.7 Å². The van der Waals surface area contributed by atoms with Gasteiger partial charge < -0.3 is 25.3 Å². The second kappa shape index (κ2) is 17.0. The molecule has 8 N–H and O–H groups in total. The fraction of sp³-hybridized carbons (Fsp3) is 0.409. The molecule has 0 aliphatic heterocycles. The summed E-state index contributed by atoms with van der Waals surface area (Å²) in [4.78, 5) is 31.6. The Bertz CT molecular complexity index is 2860. The average Bonchev–Trinajstić information content (AvgIpc) is 4.00. The second-order valence-corrected chi connectivity index (χ2v) is 21.2. The summed E-state index contributed by atoms with van der Waals surface area (Å²) in [7, 11) is -8.07. The SMILES string of the molecule is CC(C)c1cncc(C(C)CC2Cc3cc4c(c(NC(=O)N=S(N)(=O)c5cc(C(C)(C)O)n(-c6ccccc6)n5)c3C2)CCC4)c1NC(=O)N=S(N)(=O)c1oc(C(C)(C)O)cc1F. The maximum atomic E-state index is 14.8. The predicted octanol–water partition coefficient (Wildman–Crippen LogP) is 7.84. The van der Waals surface area contributed by atoms with Crippen molar-refractivity contribution in [1.29, 1.82) is 0 Å². The summed E-state index contributed by atoms with van der Waals surface area (Å²) >= 11 is 0. The number of amides is 4. The molecule has 3 aromatic heterocycles. The minimum absolute atomic E-state index is 0.0971. The number of anilines is 2. The maximum Gasteiger partial charge on any atom is 0.354 e. The molecular formula is C44H54FN9O7S2. The van der Waals surface area contributed by atoms with Crippen LogP contribution in [0.5, 0.6) is 0 Å². The molecular weight excluding hydrogens is 850 g/mol. The van der Waals surface area contributed by atoms with Crippen molar-refractivity contribution in [1.82, 2.24) is 14.8 Å². The maximum absolute atomic E-state index is 14.8.